The number of rotatable bonds is 0. The van der Waals surface area contributed by atoms with Crippen LogP contribution in [0, 0.1) is 5.92 Å². The molecule has 4 unspecified atom stereocenters. The monoisotopic (exact) mass is 126 g/mol. The van der Waals surface area contributed by atoms with E-state index in [1.807, 2.05) is 0 Å². The summed E-state index contributed by atoms with van der Waals surface area (Å²) in [6, 6.07) is 1.30. The lowest BCUT2D eigenvalue weighted by molar-refractivity contribution is 0.264. The molecule has 2 aliphatic rings. The van der Waals surface area contributed by atoms with E-state index < -0.39 is 0 Å². The standard InChI is InChI=1S/C7H14N2/c1-5-2-6-3-9(5)4-7(6)8/h5-7H,2-4,8H2,1H3. The fraction of sp³-hybridized carbons (Fsp3) is 1.00. The molecule has 2 nitrogen and oxygen atoms in total. The maximum atomic E-state index is 5.84. The van der Waals surface area contributed by atoms with Gasteiger partial charge in [-0.25, -0.2) is 0 Å². The van der Waals surface area contributed by atoms with E-state index in [4.69, 9.17) is 5.73 Å². The van der Waals surface area contributed by atoms with E-state index in [1.165, 1.54) is 13.0 Å². The molecule has 52 valence electrons. The molecular weight excluding hydrogens is 112 g/mol. The molecule has 2 heteroatoms. The quantitative estimate of drug-likeness (QED) is 0.496. The molecule has 0 aromatic heterocycles. The van der Waals surface area contributed by atoms with Crippen molar-refractivity contribution in [2.45, 2.75) is 25.4 Å². The Bertz CT molecular complexity index is 106. The molecule has 2 aliphatic heterocycles. The Morgan fingerprint density at radius 2 is 2.22 bits per heavy atom. The summed E-state index contributed by atoms with van der Waals surface area (Å²) < 4.78 is 0. The van der Waals surface area contributed by atoms with Crippen molar-refractivity contribution < 1.29 is 0 Å². The van der Waals surface area contributed by atoms with Gasteiger partial charge in [-0.3, -0.25) is 4.90 Å². The van der Waals surface area contributed by atoms with Gasteiger partial charge in [-0.1, -0.05) is 0 Å². The molecular formula is C7H14N2. The van der Waals surface area contributed by atoms with Crippen molar-refractivity contribution in [3.05, 3.63) is 0 Å². The molecule has 0 aromatic rings. The molecule has 0 spiro atoms. The van der Waals surface area contributed by atoms with Crippen LogP contribution in [0.2, 0.25) is 0 Å². The average Bonchev–Trinajstić information content (AvgIpc) is 2.24. The lowest BCUT2D eigenvalue weighted by atomic mass is 9.97. The van der Waals surface area contributed by atoms with Gasteiger partial charge >= 0.3 is 0 Å². The Hall–Kier alpha value is -0.0800. The maximum absolute atomic E-state index is 5.84. The summed E-state index contributed by atoms with van der Waals surface area (Å²) in [6.07, 6.45) is 1.33. The van der Waals surface area contributed by atoms with Gasteiger partial charge in [-0.2, -0.15) is 0 Å². The highest BCUT2D eigenvalue weighted by Gasteiger charge is 2.39. The normalized spacial score (nSPS) is 56.7. The fourth-order valence-electron chi connectivity index (χ4n) is 2.13. The number of fused-ring (bicyclic) bond motifs is 2. The van der Waals surface area contributed by atoms with Gasteiger partial charge in [0.25, 0.3) is 0 Å². The highest BCUT2D eigenvalue weighted by Crippen LogP contribution is 2.31. The molecule has 2 bridgehead atoms. The van der Waals surface area contributed by atoms with Crippen LogP contribution in [0.25, 0.3) is 0 Å². The first-order chi connectivity index (χ1) is 4.27. The summed E-state index contributed by atoms with van der Waals surface area (Å²) in [5, 5.41) is 0. The van der Waals surface area contributed by atoms with Gasteiger partial charge in [-0.15, -0.1) is 0 Å². The molecule has 2 rings (SSSR count). The Labute approximate surface area is 56.0 Å². The number of hydrogen-bond donors (Lipinski definition) is 1. The molecule has 2 heterocycles. The lowest BCUT2D eigenvalue weighted by Gasteiger charge is -2.24. The third-order valence-corrected chi connectivity index (χ3v) is 2.79. The molecule has 2 saturated heterocycles. The van der Waals surface area contributed by atoms with Crippen molar-refractivity contribution in [1.29, 1.82) is 0 Å². The number of nitrogens with two attached hydrogens (primary N) is 1. The predicted molar refractivity (Wildman–Crippen MR) is 37.1 cm³/mol. The van der Waals surface area contributed by atoms with Crippen LogP contribution in [0.4, 0.5) is 0 Å². The van der Waals surface area contributed by atoms with Crippen molar-refractivity contribution in [3.63, 3.8) is 0 Å². The summed E-state index contributed by atoms with van der Waals surface area (Å²) in [5.41, 5.74) is 5.84. The summed E-state index contributed by atoms with van der Waals surface area (Å²) in [7, 11) is 0. The summed E-state index contributed by atoms with van der Waals surface area (Å²) in [6.45, 7) is 4.71. The number of hydrogen-bond acceptors (Lipinski definition) is 2. The Morgan fingerprint density at radius 3 is 2.56 bits per heavy atom. The molecule has 0 saturated carbocycles. The molecule has 2 fully saturated rings. The highest BCUT2D eigenvalue weighted by atomic mass is 15.2. The Balaban J connectivity index is 2.10. The van der Waals surface area contributed by atoms with Crippen molar-refractivity contribution in [1.82, 2.24) is 4.90 Å². The minimum absolute atomic E-state index is 0.487. The van der Waals surface area contributed by atoms with E-state index in [1.54, 1.807) is 0 Å². The first kappa shape index (κ1) is 5.69. The summed E-state index contributed by atoms with van der Waals surface area (Å²) >= 11 is 0. The zero-order chi connectivity index (χ0) is 6.43. The second-order valence-electron chi connectivity index (χ2n) is 3.46. The van der Waals surface area contributed by atoms with Crippen LogP contribution in [0.5, 0.6) is 0 Å². The van der Waals surface area contributed by atoms with E-state index in [-0.39, 0.29) is 0 Å². The largest absolute Gasteiger partial charge is 0.326 e. The second kappa shape index (κ2) is 1.70. The second-order valence-corrected chi connectivity index (χ2v) is 3.46. The minimum Gasteiger partial charge on any atom is -0.326 e. The summed E-state index contributed by atoms with van der Waals surface area (Å²) in [5.74, 6) is 0.819. The molecule has 4 atom stereocenters. The number of piperidine rings is 1. The van der Waals surface area contributed by atoms with Crippen molar-refractivity contribution in [3.8, 4) is 0 Å². The van der Waals surface area contributed by atoms with E-state index in [9.17, 15) is 0 Å². The van der Waals surface area contributed by atoms with E-state index in [0.717, 1.165) is 18.5 Å². The minimum atomic E-state index is 0.487. The van der Waals surface area contributed by atoms with Gasteiger partial charge < -0.3 is 5.73 Å². The van der Waals surface area contributed by atoms with Crippen LogP contribution < -0.4 is 5.73 Å². The van der Waals surface area contributed by atoms with Crippen molar-refractivity contribution >= 4 is 0 Å². The Kier molecular flexibility index (Phi) is 1.08. The molecule has 2 N–H and O–H groups in total. The van der Waals surface area contributed by atoms with Gasteiger partial charge in [0, 0.05) is 25.2 Å². The number of nitrogens with zero attached hydrogens (tertiary/aromatic N) is 1. The zero-order valence-corrected chi connectivity index (χ0v) is 5.88. The fourth-order valence-corrected chi connectivity index (χ4v) is 2.13. The third kappa shape index (κ3) is 0.700. The van der Waals surface area contributed by atoms with E-state index in [0.29, 0.717) is 6.04 Å². The van der Waals surface area contributed by atoms with Gasteiger partial charge in [-0.05, 0) is 19.3 Å². The molecule has 0 radical (unpaired) electrons. The lowest BCUT2D eigenvalue weighted by Crippen LogP contribution is -2.38. The molecule has 0 aliphatic carbocycles. The average molecular weight is 126 g/mol. The van der Waals surface area contributed by atoms with Crippen molar-refractivity contribution in [2.24, 2.45) is 11.7 Å². The SMILES string of the molecule is CC1CC2CN1CC2N. The van der Waals surface area contributed by atoms with Crippen LogP contribution in [0.1, 0.15) is 13.3 Å². The van der Waals surface area contributed by atoms with Crippen LogP contribution in [-0.2, 0) is 0 Å². The summed E-state index contributed by atoms with van der Waals surface area (Å²) in [4.78, 5) is 2.50. The van der Waals surface area contributed by atoms with Crippen molar-refractivity contribution in [2.75, 3.05) is 13.1 Å². The zero-order valence-electron chi connectivity index (χ0n) is 5.88. The molecule has 0 aromatic carbocycles. The Morgan fingerprint density at radius 1 is 1.44 bits per heavy atom. The van der Waals surface area contributed by atoms with Crippen LogP contribution in [-0.4, -0.2) is 30.1 Å². The van der Waals surface area contributed by atoms with Gasteiger partial charge in [0.15, 0.2) is 0 Å². The first-order valence-corrected chi connectivity index (χ1v) is 3.77. The van der Waals surface area contributed by atoms with Crippen LogP contribution in [0.3, 0.4) is 0 Å². The molecule has 0 amide bonds. The van der Waals surface area contributed by atoms with Crippen LogP contribution >= 0.6 is 0 Å². The third-order valence-electron chi connectivity index (χ3n) is 2.79. The highest BCUT2D eigenvalue weighted by molar-refractivity contribution is 4.96. The van der Waals surface area contributed by atoms with Gasteiger partial charge in [0.1, 0.15) is 0 Å². The predicted octanol–water partition coefficient (Wildman–Crippen LogP) is 0.0377. The molecule has 9 heavy (non-hydrogen) atoms. The van der Waals surface area contributed by atoms with Crippen LogP contribution in [0.15, 0.2) is 0 Å². The van der Waals surface area contributed by atoms with Gasteiger partial charge in [0.2, 0.25) is 0 Å². The maximum Gasteiger partial charge on any atom is 0.0209 e. The topological polar surface area (TPSA) is 29.3 Å². The van der Waals surface area contributed by atoms with E-state index >= 15 is 0 Å². The van der Waals surface area contributed by atoms with E-state index in [2.05, 4.69) is 11.8 Å². The first-order valence-electron chi connectivity index (χ1n) is 3.77. The smallest absolute Gasteiger partial charge is 0.0209 e. The van der Waals surface area contributed by atoms with Gasteiger partial charge in [0.05, 0.1) is 0 Å².